The summed E-state index contributed by atoms with van der Waals surface area (Å²) in [5, 5.41) is 2.83. The summed E-state index contributed by atoms with van der Waals surface area (Å²) >= 11 is 0. The lowest BCUT2D eigenvalue weighted by Gasteiger charge is -2.25. The fraction of sp³-hybridized carbons (Fsp3) is 0.909. The first-order valence-corrected chi connectivity index (χ1v) is 5.46. The summed E-state index contributed by atoms with van der Waals surface area (Å²) < 4.78 is 5.17. The van der Waals surface area contributed by atoms with Crippen LogP contribution in [0, 0.1) is 5.92 Å². The summed E-state index contributed by atoms with van der Waals surface area (Å²) in [4.78, 5) is 11.5. The second-order valence-electron chi connectivity index (χ2n) is 5.07. The lowest BCUT2D eigenvalue weighted by atomic mass is 10.0. The van der Waals surface area contributed by atoms with Crippen LogP contribution in [0.2, 0.25) is 0 Å². The van der Waals surface area contributed by atoms with Gasteiger partial charge in [0.05, 0.1) is 0 Å². The van der Waals surface area contributed by atoms with Crippen LogP contribution in [0.5, 0.6) is 0 Å². The summed E-state index contributed by atoms with van der Waals surface area (Å²) in [6.07, 6.45) is 0.409. The zero-order valence-corrected chi connectivity index (χ0v) is 10.5. The van der Waals surface area contributed by atoms with Gasteiger partial charge in [0.1, 0.15) is 5.60 Å². The van der Waals surface area contributed by atoms with Crippen LogP contribution in [0.4, 0.5) is 4.79 Å². The average molecular weight is 216 g/mol. The van der Waals surface area contributed by atoms with Crippen molar-refractivity contribution in [2.24, 2.45) is 11.7 Å². The number of nitrogens with two attached hydrogens (primary N) is 1. The summed E-state index contributed by atoms with van der Waals surface area (Å²) in [5.41, 5.74) is 5.03. The highest BCUT2D eigenvalue weighted by Gasteiger charge is 2.20. The first-order chi connectivity index (χ1) is 6.76. The van der Waals surface area contributed by atoms with Gasteiger partial charge in [-0.2, -0.15) is 0 Å². The van der Waals surface area contributed by atoms with Crippen LogP contribution in [-0.2, 0) is 4.74 Å². The molecule has 0 rings (SSSR count). The van der Waals surface area contributed by atoms with E-state index in [1.54, 1.807) is 0 Å². The zero-order valence-electron chi connectivity index (χ0n) is 10.5. The van der Waals surface area contributed by atoms with E-state index in [-0.39, 0.29) is 12.1 Å². The van der Waals surface area contributed by atoms with Crippen LogP contribution in [0.25, 0.3) is 0 Å². The van der Waals surface area contributed by atoms with Crippen molar-refractivity contribution in [3.8, 4) is 0 Å². The van der Waals surface area contributed by atoms with Gasteiger partial charge in [0.25, 0.3) is 0 Å². The highest BCUT2D eigenvalue weighted by atomic mass is 16.6. The van der Waals surface area contributed by atoms with Crippen LogP contribution in [0.15, 0.2) is 0 Å². The molecule has 0 heterocycles. The molecule has 0 radical (unpaired) electrons. The molecule has 4 heteroatoms. The molecular weight excluding hydrogens is 192 g/mol. The minimum Gasteiger partial charge on any atom is -0.444 e. The quantitative estimate of drug-likeness (QED) is 0.754. The van der Waals surface area contributed by atoms with E-state index in [2.05, 4.69) is 19.2 Å². The molecule has 0 aliphatic heterocycles. The summed E-state index contributed by atoms with van der Waals surface area (Å²) in [7, 11) is 0. The molecular formula is C11H24N2O2. The predicted octanol–water partition coefficient (Wildman–Crippen LogP) is 1.88. The smallest absolute Gasteiger partial charge is 0.407 e. The Labute approximate surface area is 92.6 Å². The molecule has 15 heavy (non-hydrogen) atoms. The van der Waals surface area contributed by atoms with E-state index in [0.717, 1.165) is 6.42 Å². The molecule has 90 valence electrons. The van der Waals surface area contributed by atoms with E-state index in [9.17, 15) is 4.79 Å². The van der Waals surface area contributed by atoms with Crippen LogP contribution in [-0.4, -0.2) is 24.3 Å². The van der Waals surface area contributed by atoms with Gasteiger partial charge < -0.3 is 15.8 Å². The van der Waals surface area contributed by atoms with Gasteiger partial charge >= 0.3 is 6.09 Å². The third-order valence-corrected chi connectivity index (χ3v) is 1.98. The molecule has 0 aromatic heterocycles. The van der Waals surface area contributed by atoms with Gasteiger partial charge in [-0.3, -0.25) is 0 Å². The Hall–Kier alpha value is -0.770. The predicted molar refractivity (Wildman–Crippen MR) is 61.7 cm³/mol. The molecule has 0 fully saturated rings. The van der Waals surface area contributed by atoms with Gasteiger partial charge in [-0.15, -0.1) is 0 Å². The van der Waals surface area contributed by atoms with Crippen LogP contribution in [0.1, 0.15) is 41.0 Å². The molecule has 1 atom stereocenters. The maximum atomic E-state index is 11.5. The van der Waals surface area contributed by atoms with E-state index in [0.29, 0.717) is 12.5 Å². The number of alkyl carbamates (subject to hydrolysis) is 1. The largest absolute Gasteiger partial charge is 0.444 e. The summed E-state index contributed by atoms with van der Waals surface area (Å²) in [6.45, 7) is 10.2. The first-order valence-electron chi connectivity index (χ1n) is 5.46. The molecule has 0 unspecified atom stereocenters. The van der Waals surface area contributed by atoms with Gasteiger partial charge in [0.15, 0.2) is 0 Å². The second kappa shape index (κ2) is 5.95. The Morgan fingerprint density at radius 2 is 1.93 bits per heavy atom. The SMILES string of the molecule is CC(C)[C@H](CCN)NC(=O)OC(C)(C)C. The van der Waals surface area contributed by atoms with Crippen molar-refractivity contribution >= 4 is 6.09 Å². The third kappa shape index (κ3) is 7.19. The van der Waals surface area contributed by atoms with E-state index in [1.807, 2.05) is 20.8 Å². The van der Waals surface area contributed by atoms with Gasteiger partial charge in [-0.1, -0.05) is 13.8 Å². The molecule has 0 saturated carbocycles. The highest BCUT2D eigenvalue weighted by Crippen LogP contribution is 2.09. The van der Waals surface area contributed by atoms with E-state index in [1.165, 1.54) is 0 Å². The van der Waals surface area contributed by atoms with Crippen molar-refractivity contribution in [1.29, 1.82) is 0 Å². The van der Waals surface area contributed by atoms with E-state index >= 15 is 0 Å². The maximum Gasteiger partial charge on any atom is 0.407 e. The summed E-state index contributed by atoms with van der Waals surface area (Å²) in [6, 6.07) is 0.0878. The molecule has 0 saturated heterocycles. The second-order valence-corrected chi connectivity index (χ2v) is 5.07. The fourth-order valence-corrected chi connectivity index (χ4v) is 1.21. The zero-order chi connectivity index (χ0) is 12.1. The van der Waals surface area contributed by atoms with E-state index in [4.69, 9.17) is 10.5 Å². The number of carbonyl (C=O) groups excluding carboxylic acids is 1. The van der Waals surface area contributed by atoms with Crippen molar-refractivity contribution in [1.82, 2.24) is 5.32 Å². The molecule has 4 nitrogen and oxygen atoms in total. The van der Waals surface area contributed by atoms with Crippen molar-refractivity contribution in [2.45, 2.75) is 52.7 Å². The molecule has 3 N–H and O–H groups in total. The molecule has 1 amide bonds. The van der Waals surface area contributed by atoms with Gasteiger partial charge in [0.2, 0.25) is 0 Å². The van der Waals surface area contributed by atoms with Crippen molar-refractivity contribution in [2.75, 3.05) is 6.54 Å². The number of nitrogens with one attached hydrogen (secondary N) is 1. The first kappa shape index (κ1) is 14.2. The van der Waals surface area contributed by atoms with Crippen molar-refractivity contribution in [3.05, 3.63) is 0 Å². The number of carbonyl (C=O) groups is 1. The number of amides is 1. The Bertz CT molecular complexity index is 197. The Morgan fingerprint density at radius 3 is 2.27 bits per heavy atom. The van der Waals surface area contributed by atoms with Gasteiger partial charge in [0, 0.05) is 6.04 Å². The topological polar surface area (TPSA) is 64.3 Å². The Kier molecular flexibility index (Phi) is 5.65. The molecule has 0 bridgehead atoms. The van der Waals surface area contributed by atoms with Gasteiger partial charge in [-0.25, -0.2) is 4.79 Å². The van der Waals surface area contributed by atoms with Crippen molar-refractivity contribution in [3.63, 3.8) is 0 Å². The number of ether oxygens (including phenoxy) is 1. The number of hydrogen-bond acceptors (Lipinski definition) is 3. The normalized spacial score (nSPS) is 13.8. The molecule has 0 spiro atoms. The molecule has 0 aromatic carbocycles. The minimum absolute atomic E-state index is 0.0878. The number of rotatable bonds is 4. The standard InChI is InChI=1S/C11H24N2O2/c1-8(2)9(6-7-12)13-10(14)15-11(3,4)5/h8-9H,6-7,12H2,1-5H3,(H,13,14)/t9-/m0/s1. The van der Waals surface area contributed by atoms with Crippen molar-refractivity contribution < 1.29 is 9.53 Å². The maximum absolute atomic E-state index is 11.5. The average Bonchev–Trinajstić information content (AvgIpc) is 1.99. The van der Waals surface area contributed by atoms with E-state index < -0.39 is 5.60 Å². The van der Waals surface area contributed by atoms with Crippen LogP contribution >= 0.6 is 0 Å². The molecule has 0 aliphatic rings. The molecule has 0 aliphatic carbocycles. The molecule has 0 aromatic rings. The lowest BCUT2D eigenvalue weighted by molar-refractivity contribution is 0.0488. The number of hydrogen-bond donors (Lipinski definition) is 2. The monoisotopic (exact) mass is 216 g/mol. The fourth-order valence-electron chi connectivity index (χ4n) is 1.21. The third-order valence-electron chi connectivity index (χ3n) is 1.98. The minimum atomic E-state index is -0.450. The summed E-state index contributed by atoms with van der Waals surface area (Å²) in [5.74, 6) is 0.362. The van der Waals surface area contributed by atoms with Gasteiger partial charge in [-0.05, 0) is 39.7 Å². The Morgan fingerprint density at radius 1 is 1.40 bits per heavy atom. The highest BCUT2D eigenvalue weighted by molar-refractivity contribution is 5.68. The Balaban J connectivity index is 4.11. The van der Waals surface area contributed by atoms with Crippen LogP contribution in [0.3, 0.4) is 0 Å². The van der Waals surface area contributed by atoms with Crippen LogP contribution < -0.4 is 11.1 Å². The lowest BCUT2D eigenvalue weighted by Crippen LogP contribution is -2.42.